The number of benzene rings is 1. The quantitative estimate of drug-likeness (QED) is 0.896. The Kier molecular flexibility index (Phi) is 5.67. The molecule has 0 amide bonds. The van der Waals surface area contributed by atoms with Crippen LogP contribution in [0.5, 0.6) is 0 Å². The first-order valence-electron chi connectivity index (χ1n) is 6.99. The Morgan fingerprint density at radius 1 is 1.33 bits per heavy atom. The lowest BCUT2D eigenvalue weighted by Crippen LogP contribution is -2.44. The van der Waals surface area contributed by atoms with E-state index in [4.69, 9.17) is 0 Å². The van der Waals surface area contributed by atoms with Crippen LogP contribution in [-0.2, 0) is 6.54 Å². The molecule has 0 aliphatic carbocycles. The molecule has 1 aliphatic rings. The number of nitrogens with zero attached hydrogens (tertiary/aromatic N) is 1. The molecule has 1 atom stereocenters. The van der Waals surface area contributed by atoms with Gasteiger partial charge in [-0.2, -0.15) is 0 Å². The van der Waals surface area contributed by atoms with Gasteiger partial charge in [0.25, 0.3) is 0 Å². The maximum atomic E-state index is 3.65. The molecule has 0 radical (unpaired) electrons. The zero-order chi connectivity index (χ0) is 12.8. The standard InChI is InChI=1S/C15H23BrN2/c1-2-17-11-14-8-5-6-10-18(14)12-13-7-3-4-9-15(13)16/h3-4,7,9,14,17H,2,5-6,8,10-12H2,1H3. The van der Waals surface area contributed by atoms with Crippen LogP contribution in [0.15, 0.2) is 28.7 Å². The second-order valence-corrected chi connectivity index (χ2v) is 5.87. The van der Waals surface area contributed by atoms with Crippen LogP contribution in [-0.4, -0.2) is 30.6 Å². The lowest BCUT2D eigenvalue weighted by molar-refractivity contribution is 0.138. The van der Waals surface area contributed by atoms with Gasteiger partial charge in [-0.1, -0.05) is 47.5 Å². The fraction of sp³-hybridized carbons (Fsp3) is 0.600. The average Bonchev–Trinajstić information content (AvgIpc) is 2.40. The van der Waals surface area contributed by atoms with Crippen LogP contribution in [0.2, 0.25) is 0 Å². The van der Waals surface area contributed by atoms with Gasteiger partial charge >= 0.3 is 0 Å². The Labute approximate surface area is 119 Å². The highest BCUT2D eigenvalue weighted by Crippen LogP contribution is 2.23. The summed E-state index contributed by atoms with van der Waals surface area (Å²) in [5, 5.41) is 3.49. The van der Waals surface area contributed by atoms with Crippen LogP contribution in [0.1, 0.15) is 31.7 Å². The van der Waals surface area contributed by atoms with Gasteiger partial charge in [-0.25, -0.2) is 0 Å². The molecule has 2 rings (SSSR count). The normalized spacial score (nSPS) is 21.1. The highest BCUT2D eigenvalue weighted by molar-refractivity contribution is 9.10. The van der Waals surface area contributed by atoms with Crippen LogP contribution in [0.25, 0.3) is 0 Å². The van der Waals surface area contributed by atoms with Gasteiger partial charge in [0.2, 0.25) is 0 Å². The van der Waals surface area contributed by atoms with Crippen molar-refractivity contribution in [3.63, 3.8) is 0 Å². The average molecular weight is 311 g/mol. The van der Waals surface area contributed by atoms with Crippen molar-refractivity contribution in [2.75, 3.05) is 19.6 Å². The zero-order valence-electron chi connectivity index (χ0n) is 11.2. The van der Waals surface area contributed by atoms with Gasteiger partial charge in [-0.3, -0.25) is 4.90 Å². The van der Waals surface area contributed by atoms with Gasteiger partial charge in [0.1, 0.15) is 0 Å². The lowest BCUT2D eigenvalue weighted by atomic mass is 10.0. The summed E-state index contributed by atoms with van der Waals surface area (Å²) in [4.78, 5) is 2.63. The van der Waals surface area contributed by atoms with Crippen LogP contribution in [0.4, 0.5) is 0 Å². The Balaban J connectivity index is 1.98. The molecular weight excluding hydrogens is 288 g/mol. The summed E-state index contributed by atoms with van der Waals surface area (Å²) in [6.07, 6.45) is 4.05. The third-order valence-corrected chi connectivity index (χ3v) is 4.48. The molecule has 0 aromatic heterocycles. The second kappa shape index (κ2) is 7.27. The summed E-state index contributed by atoms with van der Waals surface area (Å²) in [6.45, 7) is 6.68. The monoisotopic (exact) mass is 310 g/mol. The molecule has 3 heteroatoms. The molecule has 18 heavy (non-hydrogen) atoms. The van der Waals surface area contributed by atoms with E-state index >= 15 is 0 Å². The van der Waals surface area contributed by atoms with E-state index in [1.54, 1.807) is 0 Å². The van der Waals surface area contributed by atoms with Crippen molar-refractivity contribution in [2.45, 2.75) is 38.8 Å². The summed E-state index contributed by atoms with van der Waals surface area (Å²) in [5.41, 5.74) is 1.40. The largest absolute Gasteiger partial charge is 0.315 e. The van der Waals surface area contributed by atoms with E-state index in [2.05, 4.69) is 57.3 Å². The van der Waals surface area contributed by atoms with Crippen molar-refractivity contribution in [3.8, 4) is 0 Å². The highest BCUT2D eigenvalue weighted by Gasteiger charge is 2.22. The van der Waals surface area contributed by atoms with E-state index in [0.717, 1.165) is 19.6 Å². The number of rotatable bonds is 5. The molecule has 1 N–H and O–H groups in total. The first-order valence-corrected chi connectivity index (χ1v) is 7.78. The second-order valence-electron chi connectivity index (χ2n) is 5.02. The third-order valence-electron chi connectivity index (χ3n) is 3.71. The topological polar surface area (TPSA) is 15.3 Å². The molecule has 1 fully saturated rings. The van der Waals surface area contributed by atoms with E-state index in [0.29, 0.717) is 6.04 Å². The number of hydrogen-bond acceptors (Lipinski definition) is 2. The van der Waals surface area contributed by atoms with Crippen molar-refractivity contribution in [3.05, 3.63) is 34.3 Å². The third kappa shape index (κ3) is 3.81. The lowest BCUT2D eigenvalue weighted by Gasteiger charge is -2.36. The van der Waals surface area contributed by atoms with E-state index in [1.807, 2.05) is 0 Å². The Morgan fingerprint density at radius 3 is 2.94 bits per heavy atom. The fourth-order valence-corrected chi connectivity index (χ4v) is 3.07. The molecule has 2 nitrogen and oxygen atoms in total. The summed E-state index contributed by atoms with van der Waals surface area (Å²) in [5.74, 6) is 0. The van der Waals surface area contributed by atoms with Gasteiger partial charge < -0.3 is 5.32 Å². The summed E-state index contributed by atoms with van der Waals surface area (Å²) < 4.78 is 1.23. The summed E-state index contributed by atoms with van der Waals surface area (Å²) in [7, 11) is 0. The minimum Gasteiger partial charge on any atom is -0.315 e. The van der Waals surface area contributed by atoms with Crippen LogP contribution in [0.3, 0.4) is 0 Å². The van der Waals surface area contributed by atoms with Crippen LogP contribution >= 0.6 is 15.9 Å². The van der Waals surface area contributed by atoms with Gasteiger partial charge in [-0.15, -0.1) is 0 Å². The van der Waals surface area contributed by atoms with Crippen molar-refractivity contribution < 1.29 is 0 Å². The molecule has 1 unspecified atom stereocenters. The minimum atomic E-state index is 0.700. The minimum absolute atomic E-state index is 0.700. The molecule has 0 spiro atoms. The maximum absolute atomic E-state index is 3.65. The predicted octanol–water partition coefficient (Wildman–Crippen LogP) is 3.41. The Morgan fingerprint density at radius 2 is 2.17 bits per heavy atom. The van der Waals surface area contributed by atoms with E-state index < -0.39 is 0 Å². The van der Waals surface area contributed by atoms with E-state index in [-0.39, 0.29) is 0 Å². The molecule has 1 heterocycles. The van der Waals surface area contributed by atoms with Gasteiger partial charge in [0, 0.05) is 23.6 Å². The zero-order valence-corrected chi connectivity index (χ0v) is 12.7. The van der Waals surface area contributed by atoms with Crippen molar-refractivity contribution >= 4 is 15.9 Å². The van der Waals surface area contributed by atoms with Crippen molar-refractivity contribution in [1.82, 2.24) is 10.2 Å². The first kappa shape index (κ1) is 14.0. The molecule has 0 bridgehead atoms. The van der Waals surface area contributed by atoms with Crippen molar-refractivity contribution in [1.29, 1.82) is 0 Å². The van der Waals surface area contributed by atoms with Gasteiger partial charge in [-0.05, 0) is 37.6 Å². The number of halogens is 1. The fourth-order valence-electron chi connectivity index (χ4n) is 2.66. The molecule has 1 aliphatic heterocycles. The molecule has 1 saturated heterocycles. The van der Waals surface area contributed by atoms with E-state index in [1.165, 1.54) is 35.8 Å². The van der Waals surface area contributed by atoms with E-state index in [9.17, 15) is 0 Å². The highest BCUT2D eigenvalue weighted by atomic mass is 79.9. The van der Waals surface area contributed by atoms with Gasteiger partial charge in [0.05, 0.1) is 0 Å². The number of likely N-dealkylation sites (tertiary alicyclic amines) is 1. The molecule has 1 aromatic carbocycles. The van der Waals surface area contributed by atoms with Crippen LogP contribution < -0.4 is 5.32 Å². The number of nitrogens with one attached hydrogen (secondary N) is 1. The van der Waals surface area contributed by atoms with Gasteiger partial charge in [0.15, 0.2) is 0 Å². The SMILES string of the molecule is CCNCC1CCCCN1Cc1ccccc1Br. The number of likely N-dealkylation sites (N-methyl/N-ethyl adjacent to an activating group) is 1. The molecule has 0 saturated carbocycles. The molecule has 1 aromatic rings. The predicted molar refractivity (Wildman–Crippen MR) is 80.7 cm³/mol. The number of hydrogen-bond donors (Lipinski definition) is 1. The Hall–Kier alpha value is -0.380. The smallest absolute Gasteiger partial charge is 0.0248 e. The van der Waals surface area contributed by atoms with Crippen molar-refractivity contribution in [2.24, 2.45) is 0 Å². The number of piperidine rings is 1. The summed E-state index contributed by atoms with van der Waals surface area (Å²) >= 11 is 3.65. The first-order chi connectivity index (χ1) is 8.81. The molecule has 100 valence electrons. The summed E-state index contributed by atoms with van der Waals surface area (Å²) in [6, 6.07) is 9.27. The molecular formula is C15H23BrN2. The Bertz CT molecular complexity index is 367. The maximum Gasteiger partial charge on any atom is 0.0248 e. The van der Waals surface area contributed by atoms with Crippen LogP contribution in [0, 0.1) is 0 Å².